The van der Waals surface area contributed by atoms with Crippen molar-refractivity contribution >= 4 is 35.3 Å². The summed E-state index contributed by atoms with van der Waals surface area (Å²) in [7, 11) is 1.63. The second kappa shape index (κ2) is 8.92. The number of nitrogens with one attached hydrogen (secondary N) is 1. The van der Waals surface area contributed by atoms with Crippen molar-refractivity contribution in [3.05, 3.63) is 57.1 Å². The number of rotatable bonds is 6. The van der Waals surface area contributed by atoms with E-state index in [4.69, 9.17) is 32.7 Å². The lowest BCUT2D eigenvalue weighted by molar-refractivity contribution is -0.127. The van der Waals surface area contributed by atoms with E-state index in [-0.39, 0.29) is 0 Å². The third kappa shape index (κ3) is 4.90. The molecule has 0 aliphatic heterocycles. The fourth-order valence-corrected chi connectivity index (χ4v) is 2.70. The lowest BCUT2D eigenvalue weighted by atomic mass is 10.0. The van der Waals surface area contributed by atoms with Crippen molar-refractivity contribution in [2.45, 2.75) is 26.9 Å². The normalized spacial score (nSPS) is 12.1. The van der Waals surface area contributed by atoms with E-state index in [0.29, 0.717) is 15.8 Å². The molecule has 26 heavy (non-hydrogen) atoms. The molecule has 1 unspecified atom stereocenters. The van der Waals surface area contributed by atoms with Crippen LogP contribution >= 0.6 is 23.2 Å². The molecule has 0 aromatic heterocycles. The van der Waals surface area contributed by atoms with Gasteiger partial charge in [-0.15, -0.1) is 0 Å². The lowest BCUT2D eigenvalue weighted by Gasteiger charge is -2.14. The number of methoxy groups -OCH3 is 1. The summed E-state index contributed by atoms with van der Waals surface area (Å²) in [5, 5.41) is 4.83. The van der Waals surface area contributed by atoms with Gasteiger partial charge in [-0.05, 0) is 67.8 Å². The summed E-state index contributed by atoms with van der Waals surface area (Å²) in [5.41, 5.74) is 5.40. The van der Waals surface area contributed by atoms with Gasteiger partial charge in [-0.2, -0.15) is 5.10 Å². The average molecular weight is 395 g/mol. The average Bonchev–Trinajstić information content (AvgIpc) is 2.61. The van der Waals surface area contributed by atoms with Crippen LogP contribution < -0.4 is 14.9 Å². The summed E-state index contributed by atoms with van der Waals surface area (Å²) in [6, 6.07) is 8.54. The van der Waals surface area contributed by atoms with Gasteiger partial charge in [0, 0.05) is 5.02 Å². The van der Waals surface area contributed by atoms with Crippen molar-refractivity contribution in [2.75, 3.05) is 7.11 Å². The van der Waals surface area contributed by atoms with Gasteiger partial charge in [0.2, 0.25) is 0 Å². The van der Waals surface area contributed by atoms with E-state index in [9.17, 15) is 4.79 Å². The molecule has 5 nitrogen and oxygen atoms in total. The van der Waals surface area contributed by atoms with Crippen LogP contribution in [0.4, 0.5) is 0 Å². The Morgan fingerprint density at radius 1 is 1.15 bits per heavy atom. The Bertz CT molecular complexity index is 838. The van der Waals surface area contributed by atoms with E-state index < -0.39 is 12.0 Å². The topological polar surface area (TPSA) is 59.9 Å². The van der Waals surface area contributed by atoms with Gasteiger partial charge in [0.05, 0.1) is 18.3 Å². The number of nitrogens with zero attached hydrogens (tertiary/aromatic N) is 1. The van der Waals surface area contributed by atoms with Gasteiger partial charge in [0.25, 0.3) is 5.91 Å². The zero-order valence-electron chi connectivity index (χ0n) is 15.0. The predicted octanol–water partition coefficient (Wildman–Crippen LogP) is 4.54. The van der Waals surface area contributed by atoms with Crippen LogP contribution in [0.5, 0.6) is 11.5 Å². The van der Waals surface area contributed by atoms with Crippen LogP contribution in [0.3, 0.4) is 0 Å². The van der Waals surface area contributed by atoms with Crippen LogP contribution in [0.15, 0.2) is 35.4 Å². The zero-order chi connectivity index (χ0) is 19.3. The van der Waals surface area contributed by atoms with Crippen LogP contribution in [0.2, 0.25) is 10.0 Å². The van der Waals surface area contributed by atoms with Crippen molar-refractivity contribution in [1.82, 2.24) is 5.43 Å². The second-order valence-electron chi connectivity index (χ2n) is 5.68. The molecule has 1 amide bonds. The SMILES string of the molecule is COc1ccc(C=NNC(=O)C(C)Oc2ccc(Cl)cc2Cl)c(C)c1C. The first-order valence-electron chi connectivity index (χ1n) is 7.92. The summed E-state index contributed by atoms with van der Waals surface area (Å²) < 4.78 is 10.8. The third-order valence-corrected chi connectivity index (χ3v) is 4.48. The lowest BCUT2D eigenvalue weighted by Crippen LogP contribution is -2.33. The molecule has 0 aliphatic carbocycles. The smallest absolute Gasteiger partial charge is 0.280 e. The number of carbonyl (C=O) groups is 1. The standard InChI is InChI=1S/C19H20Cl2N2O3/c1-11-12(2)17(25-4)7-5-14(11)10-22-23-19(24)13(3)26-18-8-6-15(20)9-16(18)21/h5-10,13H,1-4H3,(H,23,24). The molecule has 0 saturated heterocycles. The Hall–Kier alpha value is -2.24. The number of ether oxygens (including phenoxy) is 2. The summed E-state index contributed by atoms with van der Waals surface area (Å²) in [5.74, 6) is 0.796. The molecule has 0 bridgehead atoms. The summed E-state index contributed by atoms with van der Waals surface area (Å²) in [6.45, 7) is 5.55. The molecule has 0 heterocycles. The number of halogens is 2. The number of carbonyl (C=O) groups excluding carboxylic acids is 1. The first-order valence-corrected chi connectivity index (χ1v) is 8.68. The summed E-state index contributed by atoms with van der Waals surface area (Å²) in [6.07, 6.45) is 0.811. The predicted molar refractivity (Wildman–Crippen MR) is 105 cm³/mol. The zero-order valence-corrected chi connectivity index (χ0v) is 16.5. The summed E-state index contributed by atoms with van der Waals surface area (Å²) in [4.78, 5) is 12.1. The molecular formula is C19H20Cl2N2O3. The maximum atomic E-state index is 12.1. The number of amides is 1. The quantitative estimate of drug-likeness (QED) is 0.577. The van der Waals surface area contributed by atoms with Crippen molar-refractivity contribution < 1.29 is 14.3 Å². The number of hydrazone groups is 1. The Morgan fingerprint density at radius 2 is 1.85 bits per heavy atom. The Labute approximate surface area is 162 Å². The van der Waals surface area contributed by atoms with E-state index in [0.717, 1.165) is 22.4 Å². The molecule has 138 valence electrons. The molecule has 1 N–H and O–H groups in total. The van der Waals surface area contributed by atoms with E-state index in [2.05, 4.69) is 10.5 Å². The third-order valence-electron chi connectivity index (χ3n) is 3.94. The number of hydrogen-bond donors (Lipinski definition) is 1. The molecule has 1 atom stereocenters. The van der Waals surface area contributed by atoms with E-state index >= 15 is 0 Å². The van der Waals surface area contributed by atoms with Crippen LogP contribution in [0, 0.1) is 13.8 Å². The molecular weight excluding hydrogens is 375 g/mol. The highest BCUT2D eigenvalue weighted by atomic mass is 35.5. The molecule has 0 radical (unpaired) electrons. The Balaban J connectivity index is 1.99. The van der Waals surface area contributed by atoms with E-state index in [1.54, 1.807) is 38.4 Å². The molecule has 0 aliphatic rings. The maximum absolute atomic E-state index is 12.1. The van der Waals surface area contributed by atoms with Crippen LogP contribution in [0.25, 0.3) is 0 Å². The molecule has 7 heteroatoms. The Kier molecular flexibility index (Phi) is 6.89. The monoisotopic (exact) mass is 394 g/mol. The summed E-state index contributed by atoms with van der Waals surface area (Å²) >= 11 is 11.9. The van der Waals surface area contributed by atoms with E-state index in [1.165, 1.54) is 0 Å². The fourth-order valence-electron chi connectivity index (χ4n) is 2.25. The maximum Gasteiger partial charge on any atom is 0.280 e. The molecule has 0 spiro atoms. The van der Waals surface area contributed by atoms with Crippen molar-refractivity contribution in [2.24, 2.45) is 5.10 Å². The second-order valence-corrected chi connectivity index (χ2v) is 6.52. The van der Waals surface area contributed by atoms with Gasteiger partial charge < -0.3 is 9.47 Å². The minimum absolute atomic E-state index is 0.338. The molecule has 2 aromatic carbocycles. The minimum Gasteiger partial charge on any atom is -0.496 e. The van der Waals surface area contributed by atoms with Gasteiger partial charge >= 0.3 is 0 Å². The number of benzene rings is 2. The Morgan fingerprint density at radius 3 is 2.50 bits per heavy atom. The first kappa shape index (κ1) is 20.1. The van der Waals surface area contributed by atoms with Gasteiger partial charge in [-0.1, -0.05) is 23.2 Å². The first-order chi connectivity index (χ1) is 12.3. The van der Waals surface area contributed by atoms with Gasteiger partial charge in [0.1, 0.15) is 11.5 Å². The number of hydrogen-bond acceptors (Lipinski definition) is 4. The van der Waals surface area contributed by atoms with Gasteiger partial charge in [0.15, 0.2) is 6.10 Å². The highest BCUT2D eigenvalue weighted by Gasteiger charge is 2.15. The van der Waals surface area contributed by atoms with Crippen LogP contribution in [0.1, 0.15) is 23.6 Å². The molecule has 2 rings (SSSR count). The molecule has 0 fully saturated rings. The van der Waals surface area contributed by atoms with Crippen molar-refractivity contribution in [3.63, 3.8) is 0 Å². The van der Waals surface area contributed by atoms with Crippen LogP contribution in [-0.2, 0) is 4.79 Å². The highest BCUT2D eigenvalue weighted by Crippen LogP contribution is 2.28. The van der Waals surface area contributed by atoms with Gasteiger partial charge in [-0.3, -0.25) is 4.79 Å². The minimum atomic E-state index is -0.774. The highest BCUT2D eigenvalue weighted by molar-refractivity contribution is 6.35. The van der Waals surface area contributed by atoms with Crippen molar-refractivity contribution in [3.8, 4) is 11.5 Å². The van der Waals surface area contributed by atoms with E-state index in [1.807, 2.05) is 26.0 Å². The van der Waals surface area contributed by atoms with Crippen LogP contribution in [-0.4, -0.2) is 25.3 Å². The largest absolute Gasteiger partial charge is 0.496 e. The molecule has 2 aromatic rings. The van der Waals surface area contributed by atoms with Crippen molar-refractivity contribution in [1.29, 1.82) is 0 Å². The molecule has 0 saturated carbocycles. The van der Waals surface area contributed by atoms with Gasteiger partial charge in [-0.25, -0.2) is 5.43 Å². The fraction of sp³-hybridized carbons (Fsp3) is 0.263.